The molecule has 0 aliphatic heterocycles. The molecule has 0 aromatic carbocycles. The molecule has 1 atom stereocenters. The molecule has 98 valence electrons. The van der Waals surface area contributed by atoms with E-state index >= 15 is 0 Å². The summed E-state index contributed by atoms with van der Waals surface area (Å²) in [5.41, 5.74) is 2.41. The third-order valence-electron chi connectivity index (χ3n) is 3.10. The summed E-state index contributed by atoms with van der Waals surface area (Å²) in [6.45, 7) is 8.52. The van der Waals surface area contributed by atoms with Crippen LogP contribution in [0.1, 0.15) is 31.5 Å². The molecule has 0 saturated carbocycles. The first-order valence-corrected chi connectivity index (χ1v) is 6.36. The molecule has 1 aromatic heterocycles. The fraction of sp³-hybridized carbons (Fsp3) is 0.769. The van der Waals surface area contributed by atoms with E-state index in [0.717, 1.165) is 24.7 Å². The Bertz CT molecular complexity index is 317. The van der Waals surface area contributed by atoms with Gasteiger partial charge in [-0.1, -0.05) is 13.8 Å². The van der Waals surface area contributed by atoms with Crippen molar-refractivity contribution in [3.05, 3.63) is 17.5 Å². The van der Waals surface area contributed by atoms with Crippen LogP contribution in [0.25, 0.3) is 0 Å². The van der Waals surface area contributed by atoms with Crippen LogP contribution in [0, 0.1) is 12.8 Å². The van der Waals surface area contributed by atoms with Gasteiger partial charge in [0.25, 0.3) is 0 Å². The van der Waals surface area contributed by atoms with Crippen molar-refractivity contribution in [1.82, 2.24) is 20.4 Å². The SMILES string of the molecule is Cc1[nH]ncc1CNC[C@@H](CC(C)C)N(C)C. The van der Waals surface area contributed by atoms with Gasteiger partial charge in [-0.05, 0) is 33.4 Å². The number of hydrogen-bond acceptors (Lipinski definition) is 3. The minimum absolute atomic E-state index is 0.599. The van der Waals surface area contributed by atoms with Crippen LogP contribution in [0.3, 0.4) is 0 Å². The maximum absolute atomic E-state index is 4.03. The first-order chi connectivity index (χ1) is 8.00. The normalized spacial score (nSPS) is 13.6. The van der Waals surface area contributed by atoms with Gasteiger partial charge in [-0.3, -0.25) is 5.10 Å². The van der Waals surface area contributed by atoms with Crippen LogP contribution in [0.2, 0.25) is 0 Å². The van der Waals surface area contributed by atoms with Crippen molar-refractivity contribution < 1.29 is 0 Å². The van der Waals surface area contributed by atoms with Crippen LogP contribution in [0.4, 0.5) is 0 Å². The van der Waals surface area contributed by atoms with Crippen molar-refractivity contribution in [3.8, 4) is 0 Å². The lowest BCUT2D eigenvalue weighted by Crippen LogP contribution is -2.38. The number of hydrogen-bond donors (Lipinski definition) is 2. The summed E-state index contributed by atoms with van der Waals surface area (Å²) in [7, 11) is 4.30. The van der Waals surface area contributed by atoms with Crippen LogP contribution < -0.4 is 5.32 Å². The Labute approximate surface area is 105 Å². The Balaban J connectivity index is 2.34. The molecule has 0 aliphatic rings. The van der Waals surface area contributed by atoms with Crippen molar-refractivity contribution in [2.45, 2.75) is 39.8 Å². The van der Waals surface area contributed by atoms with Gasteiger partial charge in [-0.25, -0.2) is 0 Å². The Hall–Kier alpha value is -0.870. The highest BCUT2D eigenvalue weighted by atomic mass is 15.1. The fourth-order valence-electron chi connectivity index (χ4n) is 1.95. The molecule has 0 bridgehead atoms. The second-order valence-electron chi connectivity index (χ2n) is 5.40. The van der Waals surface area contributed by atoms with Crippen LogP contribution in [-0.2, 0) is 6.54 Å². The summed E-state index contributed by atoms with van der Waals surface area (Å²) in [5.74, 6) is 0.736. The molecular weight excluding hydrogens is 212 g/mol. The maximum atomic E-state index is 4.03. The summed E-state index contributed by atoms with van der Waals surface area (Å²) in [6, 6.07) is 0.599. The Morgan fingerprint density at radius 3 is 2.59 bits per heavy atom. The first-order valence-electron chi connectivity index (χ1n) is 6.36. The Morgan fingerprint density at radius 2 is 2.12 bits per heavy atom. The predicted molar refractivity (Wildman–Crippen MR) is 72.0 cm³/mol. The summed E-state index contributed by atoms with van der Waals surface area (Å²) in [4.78, 5) is 2.30. The zero-order valence-electron chi connectivity index (χ0n) is 11.7. The van der Waals surface area contributed by atoms with Gasteiger partial charge in [-0.15, -0.1) is 0 Å². The lowest BCUT2D eigenvalue weighted by atomic mass is 10.0. The van der Waals surface area contributed by atoms with E-state index in [-0.39, 0.29) is 0 Å². The third kappa shape index (κ3) is 4.88. The second-order valence-corrected chi connectivity index (χ2v) is 5.40. The highest BCUT2D eigenvalue weighted by Crippen LogP contribution is 2.08. The number of H-pyrrole nitrogens is 1. The van der Waals surface area contributed by atoms with Crippen LogP contribution in [0.5, 0.6) is 0 Å². The molecule has 17 heavy (non-hydrogen) atoms. The van der Waals surface area contributed by atoms with Crippen molar-refractivity contribution in [3.63, 3.8) is 0 Å². The molecule has 0 fully saturated rings. The van der Waals surface area contributed by atoms with Gasteiger partial charge in [-0.2, -0.15) is 5.10 Å². The van der Waals surface area contributed by atoms with E-state index < -0.39 is 0 Å². The Morgan fingerprint density at radius 1 is 1.41 bits per heavy atom. The van der Waals surface area contributed by atoms with Crippen molar-refractivity contribution in [2.24, 2.45) is 5.92 Å². The van der Waals surface area contributed by atoms with E-state index in [1.54, 1.807) is 0 Å². The zero-order chi connectivity index (χ0) is 12.8. The van der Waals surface area contributed by atoms with Crippen molar-refractivity contribution in [1.29, 1.82) is 0 Å². The predicted octanol–water partition coefficient (Wildman–Crippen LogP) is 1.78. The van der Waals surface area contributed by atoms with Gasteiger partial charge in [0, 0.05) is 30.4 Å². The van der Waals surface area contributed by atoms with E-state index in [1.807, 2.05) is 6.20 Å². The molecule has 0 aliphatic carbocycles. The topological polar surface area (TPSA) is 44.0 Å². The molecule has 0 amide bonds. The van der Waals surface area contributed by atoms with Gasteiger partial charge in [0.15, 0.2) is 0 Å². The number of likely N-dealkylation sites (N-methyl/N-ethyl adjacent to an activating group) is 1. The average Bonchev–Trinajstić information content (AvgIpc) is 2.62. The molecular formula is C13H26N4. The minimum Gasteiger partial charge on any atom is -0.311 e. The first kappa shape index (κ1) is 14.2. The maximum Gasteiger partial charge on any atom is 0.0535 e. The largest absolute Gasteiger partial charge is 0.311 e. The van der Waals surface area contributed by atoms with E-state index in [1.165, 1.54) is 12.0 Å². The van der Waals surface area contributed by atoms with E-state index in [2.05, 4.69) is 55.3 Å². The zero-order valence-corrected chi connectivity index (χ0v) is 11.7. The van der Waals surface area contributed by atoms with E-state index in [4.69, 9.17) is 0 Å². The van der Waals surface area contributed by atoms with Crippen LogP contribution in [0.15, 0.2) is 6.20 Å². The quantitative estimate of drug-likeness (QED) is 0.761. The average molecular weight is 238 g/mol. The van der Waals surface area contributed by atoms with E-state index in [9.17, 15) is 0 Å². The number of nitrogens with zero attached hydrogens (tertiary/aromatic N) is 2. The van der Waals surface area contributed by atoms with E-state index in [0.29, 0.717) is 6.04 Å². The molecule has 1 heterocycles. The number of aromatic nitrogens is 2. The molecule has 0 saturated heterocycles. The van der Waals surface area contributed by atoms with Gasteiger partial charge in [0.2, 0.25) is 0 Å². The van der Waals surface area contributed by atoms with Crippen molar-refractivity contribution >= 4 is 0 Å². The molecule has 4 nitrogen and oxygen atoms in total. The summed E-state index contributed by atoms with van der Waals surface area (Å²) < 4.78 is 0. The smallest absolute Gasteiger partial charge is 0.0535 e. The summed E-state index contributed by atoms with van der Waals surface area (Å²) in [6.07, 6.45) is 3.12. The summed E-state index contributed by atoms with van der Waals surface area (Å²) in [5, 5.41) is 10.5. The molecule has 0 unspecified atom stereocenters. The minimum atomic E-state index is 0.599. The van der Waals surface area contributed by atoms with Gasteiger partial charge < -0.3 is 10.2 Å². The molecule has 0 radical (unpaired) electrons. The van der Waals surface area contributed by atoms with Crippen molar-refractivity contribution in [2.75, 3.05) is 20.6 Å². The highest BCUT2D eigenvalue weighted by Gasteiger charge is 2.12. The van der Waals surface area contributed by atoms with Gasteiger partial charge in [0.1, 0.15) is 0 Å². The van der Waals surface area contributed by atoms with Gasteiger partial charge >= 0.3 is 0 Å². The van der Waals surface area contributed by atoms with Gasteiger partial charge in [0.05, 0.1) is 6.20 Å². The van der Waals surface area contributed by atoms with Crippen LogP contribution in [-0.4, -0.2) is 41.8 Å². The second kappa shape index (κ2) is 6.77. The monoisotopic (exact) mass is 238 g/mol. The molecule has 2 N–H and O–H groups in total. The molecule has 1 rings (SSSR count). The third-order valence-corrected chi connectivity index (χ3v) is 3.10. The standard InChI is InChI=1S/C13H26N4/c1-10(2)6-13(17(4)5)9-14-7-12-8-15-16-11(12)3/h8,10,13-14H,6-7,9H2,1-5H3,(H,15,16)/t13-/m1/s1. The lowest BCUT2D eigenvalue weighted by molar-refractivity contribution is 0.246. The summed E-state index contributed by atoms with van der Waals surface area (Å²) >= 11 is 0. The fourth-order valence-corrected chi connectivity index (χ4v) is 1.95. The Kier molecular flexibility index (Phi) is 5.65. The lowest BCUT2D eigenvalue weighted by Gasteiger charge is -2.26. The highest BCUT2D eigenvalue weighted by molar-refractivity contribution is 5.13. The van der Waals surface area contributed by atoms with Crippen LogP contribution >= 0.6 is 0 Å². The molecule has 0 spiro atoms. The molecule has 4 heteroatoms. The number of nitrogens with one attached hydrogen (secondary N) is 2. The number of rotatable bonds is 7. The number of aryl methyl sites for hydroxylation is 1. The number of aromatic amines is 1. The molecule has 1 aromatic rings.